The lowest BCUT2D eigenvalue weighted by Crippen LogP contribution is -2.48. The summed E-state index contributed by atoms with van der Waals surface area (Å²) in [5, 5.41) is 12.7. The zero-order chi connectivity index (χ0) is 31.3. The molecule has 4 rings (SSSR count). The van der Waals surface area contributed by atoms with Gasteiger partial charge in [-0.2, -0.15) is 13.2 Å². The Morgan fingerprint density at radius 2 is 1.95 bits per heavy atom. The minimum absolute atomic E-state index is 0.0127. The number of carbonyl (C=O) groups excluding carboxylic acids is 3. The van der Waals surface area contributed by atoms with E-state index in [-0.39, 0.29) is 47.5 Å². The molecule has 2 N–H and O–H groups in total. The van der Waals surface area contributed by atoms with Gasteiger partial charge in [-0.25, -0.2) is 14.2 Å². The lowest BCUT2D eigenvalue weighted by molar-refractivity contribution is -0.137. The Hall–Kier alpha value is -5.52. The molecule has 43 heavy (non-hydrogen) atoms. The van der Waals surface area contributed by atoms with Gasteiger partial charge in [-0.3, -0.25) is 19.4 Å². The number of ether oxygens (including phenoxy) is 1. The average molecular weight is 598 g/mol. The van der Waals surface area contributed by atoms with Gasteiger partial charge in [-0.05, 0) is 55.3 Å². The van der Waals surface area contributed by atoms with E-state index in [2.05, 4.69) is 44.2 Å². The second kappa shape index (κ2) is 12.6. The first kappa shape index (κ1) is 30.4. The first-order chi connectivity index (χ1) is 20.4. The van der Waals surface area contributed by atoms with Crippen LogP contribution in [0.4, 0.5) is 39.5 Å². The number of hydrogen-bond donors (Lipinski definition) is 2. The van der Waals surface area contributed by atoms with Crippen molar-refractivity contribution in [2.45, 2.75) is 19.1 Å². The maximum atomic E-state index is 13.8. The first-order valence-corrected chi connectivity index (χ1v) is 12.4. The van der Waals surface area contributed by atoms with Crippen LogP contribution in [0.5, 0.6) is 5.88 Å². The van der Waals surface area contributed by atoms with Crippen molar-refractivity contribution in [1.82, 2.24) is 20.5 Å². The lowest BCUT2D eigenvalue weighted by Gasteiger charge is -2.28. The molecule has 1 fully saturated rings. The summed E-state index contributed by atoms with van der Waals surface area (Å²) in [6, 6.07) is 5.61. The molecule has 0 radical (unpaired) electrons. The van der Waals surface area contributed by atoms with Crippen LogP contribution < -0.4 is 25.2 Å². The largest absolute Gasteiger partial charge is 0.478 e. The fourth-order valence-electron chi connectivity index (χ4n) is 4.07. The Morgan fingerprint density at radius 1 is 1.23 bits per heavy atom. The van der Waals surface area contributed by atoms with E-state index in [4.69, 9.17) is 4.74 Å². The van der Waals surface area contributed by atoms with Crippen molar-refractivity contribution >= 4 is 35.0 Å². The zero-order valence-electron chi connectivity index (χ0n) is 22.7. The fourth-order valence-corrected chi connectivity index (χ4v) is 4.07. The second-order valence-corrected chi connectivity index (χ2v) is 8.97. The molecule has 1 atom stereocenters. The minimum atomic E-state index is -4.72. The van der Waals surface area contributed by atoms with E-state index in [1.54, 1.807) is 0 Å². The number of aromatic nitrogens is 3. The number of aryl methyl sites for hydroxylation is 1. The number of nitrogens with one attached hydrogen (secondary N) is 2. The molecule has 1 aromatic carbocycles. The normalized spacial score (nSPS) is 14.3. The highest BCUT2D eigenvalue weighted by atomic mass is 19.4. The maximum absolute atomic E-state index is 13.8. The standard InChI is InChI=1S/C28H23F4N7O4/c1-4-24(40)35-21-14-19(36-37-25(21)43-3)6-5-11-38(20-9-7-18(29)8-10-20)26(41)22-15-33-27(42)39(22)23-13-17(28(30,31)32)12-16(2)34-23/h4,7-10,12-14,22H,1,11,15H2,2-3H3,(H,33,42)(H,35,36,40)/t22-/m0/s1. The first-order valence-electron chi connectivity index (χ1n) is 12.4. The number of alkyl halides is 3. The van der Waals surface area contributed by atoms with Gasteiger partial charge in [0, 0.05) is 24.0 Å². The predicted octanol–water partition coefficient (Wildman–Crippen LogP) is 3.45. The maximum Gasteiger partial charge on any atom is 0.416 e. The van der Waals surface area contributed by atoms with Gasteiger partial charge in [-0.1, -0.05) is 12.5 Å². The van der Waals surface area contributed by atoms with Crippen LogP contribution in [0.1, 0.15) is 17.0 Å². The minimum Gasteiger partial charge on any atom is -0.478 e. The molecule has 0 saturated carbocycles. The summed E-state index contributed by atoms with van der Waals surface area (Å²) < 4.78 is 59.2. The molecule has 3 aromatic rings. The van der Waals surface area contributed by atoms with Crippen LogP contribution in [0.3, 0.4) is 0 Å². The number of halogens is 4. The van der Waals surface area contributed by atoms with Crippen LogP contribution in [-0.4, -0.2) is 59.3 Å². The van der Waals surface area contributed by atoms with Crippen LogP contribution in [0.25, 0.3) is 0 Å². The van der Waals surface area contributed by atoms with E-state index >= 15 is 0 Å². The molecule has 0 spiro atoms. The molecule has 3 heterocycles. The summed E-state index contributed by atoms with van der Waals surface area (Å²) in [5.74, 6) is 3.27. The van der Waals surface area contributed by atoms with Crippen molar-refractivity contribution in [1.29, 1.82) is 0 Å². The third-order valence-electron chi connectivity index (χ3n) is 6.03. The monoisotopic (exact) mass is 597 g/mol. The molecule has 1 aliphatic heterocycles. The van der Waals surface area contributed by atoms with E-state index in [0.29, 0.717) is 6.07 Å². The van der Waals surface area contributed by atoms with Crippen LogP contribution in [0.15, 0.2) is 55.1 Å². The van der Waals surface area contributed by atoms with Crippen LogP contribution >= 0.6 is 0 Å². The number of anilines is 3. The number of carbonyl (C=O) groups is 3. The third-order valence-corrected chi connectivity index (χ3v) is 6.03. The van der Waals surface area contributed by atoms with Gasteiger partial charge < -0.3 is 15.4 Å². The number of amides is 4. The van der Waals surface area contributed by atoms with Gasteiger partial charge >= 0.3 is 12.2 Å². The van der Waals surface area contributed by atoms with Gasteiger partial charge in [0.2, 0.25) is 5.91 Å². The van der Waals surface area contributed by atoms with Crippen molar-refractivity contribution in [2.75, 3.05) is 35.3 Å². The molecule has 222 valence electrons. The molecule has 1 aliphatic rings. The van der Waals surface area contributed by atoms with E-state index < -0.39 is 41.4 Å². The van der Waals surface area contributed by atoms with Gasteiger partial charge in [0.05, 0.1) is 19.2 Å². The smallest absolute Gasteiger partial charge is 0.416 e. The number of nitrogens with zero attached hydrogens (tertiary/aromatic N) is 5. The number of urea groups is 1. The van der Waals surface area contributed by atoms with Crippen LogP contribution in [-0.2, 0) is 15.8 Å². The molecule has 15 heteroatoms. The summed E-state index contributed by atoms with van der Waals surface area (Å²) in [6.45, 7) is 4.16. The van der Waals surface area contributed by atoms with E-state index in [1.165, 1.54) is 32.2 Å². The van der Waals surface area contributed by atoms with Crippen LogP contribution in [0.2, 0.25) is 0 Å². The predicted molar refractivity (Wildman–Crippen MR) is 147 cm³/mol. The summed E-state index contributed by atoms with van der Waals surface area (Å²) in [6.07, 6.45) is -3.67. The molecule has 0 aliphatic carbocycles. The number of rotatable bonds is 7. The van der Waals surface area contributed by atoms with Crippen molar-refractivity contribution < 1.29 is 36.7 Å². The summed E-state index contributed by atoms with van der Waals surface area (Å²) in [7, 11) is 1.33. The number of pyridine rings is 1. The molecule has 0 bridgehead atoms. The van der Waals surface area contributed by atoms with Crippen molar-refractivity contribution in [2.24, 2.45) is 0 Å². The number of benzene rings is 1. The topological polar surface area (TPSA) is 130 Å². The third kappa shape index (κ3) is 7.04. The summed E-state index contributed by atoms with van der Waals surface area (Å²) >= 11 is 0. The van der Waals surface area contributed by atoms with Gasteiger partial charge in [0.1, 0.15) is 29.1 Å². The second-order valence-electron chi connectivity index (χ2n) is 8.97. The molecule has 1 saturated heterocycles. The van der Waals surface area contributed by atoms with Crippen molar-refractivity contribution in [3.05, 3.63) is 77.9 Å². The lowest BCUT2D eigenvalue weighted by atomic mass is 10.1. The Bertz CT molecular complexity index is 1630. The Morgan fingerprint density at radius 3 is 2.60 bits per heavy atom. The van der Waals surface area contributed by atoms with Gasteiger partial charge in [0.25, 0.3) is 11.8 Å². The fraction of sp³-hybridized carbons (Fsp3) is 0.214. The van der Waals surface area contributed by atoms with Crippen LogP contribution in [0, 0.1) is 24.6 Å². The summed E-state index contributed by atoms with van der Waals surface area (Å²) in [4.78, 5) is 44.4. The Balaban J connectivity index is 1.68. The quantitative estimate of drug-likeness (QED) is 0.243. The average Bonchev–Trinajstić information content (AvgIpc) is 3.36. The van der Waals surface area contributed by atoms with E-state index in [1.807, 2.05) is 0 Å². The molecule has 4 amide bonds. The number of methoxy groups -OCH3 is 1. The highest BCUT2D eigenvalue weighted by molar-refractivity contribution is 6.08. The molecule has 2 aromatic heterocycles. The number of hydrogen-bond acceptors (Lipinski definition) is 7. The SMILES string of the molecule is C=CC(=O)Nc1cc(C#CCN(C(=O)[C@@H]2CNC(=O)N2c2cc(C(F)(F)F)cc(C)n2)c2ccc(F)cc2)nnc1OC. The molecule has 11 nitrogen and oxygen atoms in total. The highest BCUT2D eigenvalue weighted by Gasteiger charge is 2.41. The Labute approximate surface area is 242 Å². The van der Waals surface area contributed by atoms with Crippen molar-refractivity contribution in [3.63, 3.8) is 0 Å². The zero-order valence-corrected chi connectivity index (χ0v) is 22.7. The summed E-state index contributed by atoms with van der Waals surface area (Å²) in [5.41, 5.74) is -0.594. The Kier molecular flexibility index (Phi) is 8.89. The highest BCUT2D eigenvalue weighted by Crippen LogP contribution is 2.33. The van der Waals surface area contributed by atoms with E-state index in [0.717, 1.165) is 34.1 Å². The van der Waals surface area contributed by atoms with Gasteiger partial charge in [-0.15, -0.1) is 10.2 Å². The molecular weight excluding hydrogens is 574 g/mol. The van der Waals surface area contributed by atoms with E-state index in [9.17, 15) is 31.9 Å². The van der Waals surface area contributed by atoms with Crippen molar-refractivity contribution in [3.8, 4) is 17.7 Å². The molecular formula is C28H23F4N7O4. The van der Waals surface area contributed by atoms with Gasteiger partial charge in [0.15, 0.2) is 0 Å². The molecule has 0 unspecified atom stereocenters.